The predicted molar refractivity (Wildman–Crippen MR) is 114 cm³/mol. The number of aryl methyl sites for hydroxylation is 1. The molecule has 7 nitrogen and oxygen atoms in total. The van der Waals surface area contributed by atoms with Crippen LogP contribution in [0.3, 0.4) is 0 Å². The minimum Gasteiger partial charge on any atom is -0.494 e. The Balaban J connectivity index is 1.44. The Morgan fingerprint density at radius 3 is 2.76 bits per heavy atom. The van der Waals surface area contributed by atoms with E-state index < -0.39 is 0 Å². The highest BCUT2D eigenvalue weighted by Crippen LogP contribution is 2.13. The second-order valence-corrected chi connectivity index (χ2v) is 6.88. The van der Waals surface area contributed by atoms with E-state index in [1.54, 1.807) is 12.4 Å². The van der Waals surface area contributed by atoms with E-state index in [1.165, 1.54) is 5.56 Å². The normalized spacial score (nSPS) is 10.7. The first-order chi connectivity index (χ1) is 14.1. The number of nitrogens with zero attached hydrogens (tertiary/aromatic N) is 2. The molecule has 0 aliphatic carbocycles. The number of benzene rings is 1. The van der Waals surface area contributed by atoms with Crippen molar-refractivity contribution in [2.24, 2.45) is 0 Å². The molecule has 29 heavy (non-hydrogen) atoms. The van der Waals surface area contributed by atoms with Gasteiger partial charge in [-0.2, -0.15) is 0 Å². The van der Waals surface area contributed by atoms with Gasteiger partial charge in [0.1, 0.15) is 5.75 Å². The Morgan fingerprint density at radius 1 is 1.10 bits per heavy atom. The van der Waals surface area contributed by atoms with Crippen molar-refractivity contribution in [3.63, 3.8) is 0 Å². The lowest BCUT2D eigenvalue weighted by molar-refractivity contribution is 0.314. The smallest absolute Gasteiger partial charge is 0.255 e. The van der Waals surface area contributed by atoms with Crippen molar-refractivity contribution in [3.05, 3.63) is 81.5 Å². The Labute approximate surface area is 170 Å². The molecule has 0 aliphatic rings. The minimum absolute atomic E-state index is 0.138. The lowest BCUT2D eigenvalue weighted by atomic mass is 10.1. The standard InChI is InChI=1S/C22H27N5O2/c1-16-7-8-18(14-25-16)11-19-15-26-22(27-21(19)28)24-9-4-10-29-20-6-3-5-17(12-20)13-23-2/h3,5-8,12,14-15,23H,4,9-11,13H2,1-2H3,(H2,24,26,27,28). The molecule has 1 aromatic carbocycles. The molecule has 2 heterocycles. The van der Waals surface area contributed by atoms with Crippen LogP contribution in [0.2, 0.25) is 0 Å². The topological polar surface area (TPSA) is 91.9 Å². The maximum absolute atomic E-state index is 12.3. The summed E-state index contributed by atoms with van der Waals surface area (Å²) in [7, 11) is 1.92. The van der Waals surface area contributed by atoms with E-state index in [0.717, 1.165) is 30.0 Å². The zero-order valence-corrected chi connectivity index (χ0v) is 16.9. The van der Waals surface area contributed by atoms with Crippen LogP contribution >= 0.6 is 0 Å². The number of nitrogens with one attached hydrogen (secondary N) is 3. The largest absolute Gasteiger partial charge is 0.494 e. The Hall–Kier alpha value is -3.19. The van der Waals surface area contributed by atoms with E-state index in [1.807, 2.05) is 44.3 Å². The van der Waals surface area contributed by atoms with Crippen molar-refractivity contribution in [2.75, 3.05) is 25.5 Å². The van der Waals surface area contributed by atoms with Crippen LogP contribution in [0.4, 0.5) is 5.95 Å². The molecular weight excluding hydrogens is 366 g/mol. The maximum Gasteiger partial charge on any atom is 0.255 e. The van der Waals surface area contributed by atoms with Crippen molar-refractivity contribution in [1.29, 1.82) is 0 Å². The molecule has 0 fully saturated rings. The molecule has 0 radical (unpaired) electrons. The summed E-state index contributed by atoms with van der Waals surface area (Å²) in [6.07, 6.45) is 4.70. The summed E-state index contributed by atoms with van der Waals surface area (Å²) in [5, 5.41) is 6.26. The highest BCUT2D eigenvalue weighted by molar-refractivity contribution is 5.29. The summed E-state index contributed by atoms with van der Waals surface area (Å²) < 4.78 is 5.78. The second kappa shape index (κ2) is 10.4. The summed E-state index contributed by atoms with van der Waals surface area (Å²) in [4.78, 5) is 23.6. The minimum atomic E-state index is -0.138. The number of ether oxygens (including phenoxy) is 1. The summed E-state index contributed by atoms with van der Waals surface area (Å²) in [6.45, 7) is 3.98. The number of rotatable bonds is 10. The molecule has 0 saturated carbocycles. The number of H-pyrrole nitrogens is 1. The van der Waals surface area contributed by atoms with Gasteiger partial charge in [-0.15, -0.1) is 0 Å². The summed E-state index contributed by atoms with van der Waals surface area (Å²) in [6, 6.07) is 11.9. The first-order valence-electron chi connectivity index (χ1n) is 9.74. The van der Waals surface area contributed by atoms with Gasteiger partial charge in [-0.05, 0) is 49.7 Å². The molecule has 0 aliphatic heterocycles. The third-order valence-corrected chi connectivity index (χ3v) is 4.40. The zero-order valence-electron chi connectivity index (χ0n) is 16.9. The number of hydrogen-bond donors (Lipinski definition) is 3. The number of aromatic amines is 1. The van der Waals surface area contributed by atoms with Gasteiger partial charge in [-0.3, -0.25) is 14.8 Å². The number of hydrogen-bond acceptors (Lipinski definition) is 6. The van der Waals surface area contributed by atoms with E-state index in [2.05, 4.69) is 31.7 Å². The van der Waals surface area contributed by atoms with Crippen LogP contribution < -0.4 is 20.9 Å². The number of aromatic nitrogens is 3. The molecule has 0 atom stereocenters. The maximum atomic E-state index is 12.3. The quantitative estimate of drug-likeness (QED) is 0.459. The molecule has 2 aromatic heterocycles. The van der Waals surface area contributed by atoms with Crippen LogP contribution in [-0.2, 0) is 13.0 Å². The average Bonchev–Trinajstić information content (AvgIpc) is 2.72. The van der Waals surface area contributed by atoms with Crippen molar-refractivity contribution in [2.45, 2.75) is 26.3 Å². The van der Waals surface area contributed by atoms with Gasteiger partial charge in [0.25, 0.3) is 5.56 Å². The van der Waals surface area contributed by atoms with Crippen LogP contribution in [0.5, 0.6) is 5.75 Å². The molecule has 7 heteroatoms. The molecule has 0 saturated heterocycles. The molecule has 0 bridgehead atoms. The Kier molecular flexibility index (Phi) is 7.35. The first kappa shape index (κ1) is 20.5. The number of pyridine rings is 1. The molecule has 0 spiro atoms. The van der Waals surface area contributed by atoms with Gasteiger partial charge >= 0.3 is 0 Å². The lowest BCUT2D eigenvalue weighted by Gasteiger charge is -2.09. The second-order valence-electron chi connectivity index (χ2n) is 6.88. The molecular formula is C22H27N5O2. The Bertz CT molecular complexity index is 969. The van der Waals surface area contributed by atoms with Gasteiger partial charge < -0.3 is 15.4 Å². The lowest BCUT2D eigenvalue weighted by Crippen LogP contribution is -2.18. The van der Waals surface area contributed by atoms with Crippen molar-refractivity contribution in [1.82, 2.24) is 20.3 Å². The summed E-state index contributed by atoms with van der Waals surface area (Å²) in [5.74, 6) is 1.33. The van der Waals surface area contributed by atoms with Gasteiger partial charge in [-0.25, -0.2) is 4.98 Å². The SMILES string of the molecule is CNCc1cccc(OCCCNc2ncc(Cc3ccc(C)nc3)c(=O)[nH]2)c1. The average molecular weight is 393 g/mol. The van der Waals surface area contributed by atoms with Crippen LogP contribution in [-0.4, -0.2) is 35.2 Å². The molecule has 3 aromatic rings. The van der Waals surface area contributed by atoms with Crippen LogP contribution in [0.15, 0.2) is 53.6 Å². The van der Waals surface area contributed by atoms with E-state index in [0.29, 0.717) is 31.1 Å². The van der Waals surface area contributed by atoms with Gasteiger partial charge in [0.05, 0.1) is 6.61 Å². The van der Waals surface area contributed by atoms with Crippen molar-refractivity contribution < 1.29 is 4.74 Å². The first-order valence-corrected chi connectivity index (χ1v) is 9.74. The molecule has 0 amide bonds. The van der Waals surface area contributed by atoms with Gasteiger partial charge in [-0.1, -0.05) is 18.2 Å². The highest BCUT2D eigenvalue weighted by Gasteiger charge is 2.05. The third-order valence-electron chi connectivity index (χ3n) is 4.40. The fourth-order valence-electron chi connectivity index (χ4n) is 2.88. The third kappa shape index (κ3) is 6.43. The fraction of sp³-hybridized carbons (Fsp3) is 0.318. The van der Waals surface area contributed by atoms with E-state index in [9.17, 15) is 4.79 Å². The zero-order chi connectivity index (χ0) is 20.5. The van der Waals surface area contributed by atoms with E-state index in [-0.39, 0.29) is 5.56 Å². The van der Waals surface area contributed by atoms with E-state index >= 15 is 0 Å². The molecule has 3 rings (SSSR count). The number of anilines is 1. The van der Waals surface area contributed by atoms with Gasteiger partial charge in [0.15, 0.2) is 0 Å². The van der Waals surface area contributed by atoms with E-state index in [4.69, 9.17) is 4.74 Å². The molecule has 0 unspecified atom stereocenters. The summed E-state index contributed by atoms with van der Waals surface area (Å²) in [5.41, 5.74) is 3.60. The van der Waals surface area contributed by atoms with Crippen LogP contribution in [0, 0.1) is 6.92 Å². The predicted octanol–water partition coefficient (Wildman–Crippen LogP) is 2.66. The summed E-state index contributed by atoms with van der Waals surface area (Å²) >= 11 is 0. The van der Waals surface area contributed by atoms with Crippen LogP contribution in [0.25, 0.3) is 0 Å². The molecule has 152 valence electrons. The van der Waals surface area contributed by atoms with Crippen molar-refractivity contribution >= 4 is 5.95 Å². The highest BCUT2D eigenvalue weighted by atomic mass is 16.5. The molecule has 3 N–H and O–H groups in total. The Morgan fingerprint density at radius 2 is 2.00 bits per heavy atom. The van der Waals surface area contributed by atoms with Gasteiger partial charge in [0, 0.05) is 43.2 Å². The fourth-order valence-corrected chi connectivity index (χ4v) is 2.88. The van der Waals surface area contributed by atoms with Crippen LogP contribution in [0.1, 0.15) is 28.8 Å². The monoisotopic (exact) mass is 393 g/mol. The van der Waals surface area contributed by atoms with Crippen molar-refractivity contribution in [3.8, 4) is 5.75 Å². The van der Waals surface area contributed by atoms with Gasteiger partial charge in [0.2, 0.25) is 5.95 Å².